The Morgan fingerprint density at radius 3 is 2.53 bits per heavy atom. The third kappa shape index (κ3) is 3.75. The predicted octanol–water partition coefficient (Wildman–Crippen LogP) is 3.65. The van der Waals surface area contributed by atoms with E-state index >= 15 is 0 Å². The molecular weight excluding hydrogens is 402 g/mol. The van der Waals surface area contributed by atoms with Crippen molar-refractivity contribution in [3.05, 3.63) is 69.5 Å². The Bertz CT molecular complexity index is 1150. The SMILES string of the molecule is CCn1cc(C(=O)N2CCN(c3cccc(Cl)c3)CC2)c(=O)c2cc(OC)ccc21. The van der Waals surface area contributed by atoms with Crippen molar-refractivity contribution >= 4 is 34.1 Å². The van der Waals surface area contributed by atoms with Crippen molar-refractivity contribution in [2.24, 2.45) is 0 Å². The van der Waals surface area contributed by atoms with E-state index in [2.05, 4.69) is 4.90 Å². The molecule has 2 aromatic carbocycles. The topological polar surface area (TPSA) is 54.8 Å². The first-order valence-corrected chi connectivity index (χ1v) is 10.4. The number of ether oxygens (including phenoxy) is 1. The lowest BCUT2D eigenvalue weighted by atomic mass is 10.1. The van der Waals surface area contributed by atoms with Crippen LogP contribution in [0.3, 0.4) is 0 Å². The summed E-state index contributed by atoms with van der Waals surface area (Å²) >= 11 is 6.10. The minimum Gasteiger partial charge on any atom is -0.497 e. The lowest BCUT2D eigenvalue weighted by Crippen LogP contribution is -2.49. The number of aromatic nitrogens is 1. The zero-order chi connectivity index (χ0) is 21.3. The second-order valence-corrected chi connectivity index (χ2v) is 7.74. The number of anilines is 1. The van der Waals surface area contributed by atoms with Gasteiger partial charge in [-0.2, -0.15) is 0 Å². The molecule has 0 N–H and O–H groups in total. The fraction of sp³-hybridized carbons (Fsp3) is 0.304. The van der Waals surface area contributed by atoms with Crippen molar-refractivity contribution in [2.75, 3.05) is 38.2 Å². The molecule has 1 amide bonds. The number of aryl methyl sites for hydroxylation is 1. The highest BCUT2D eigenvalue weighted by atomic mass is 35.5. The molecule has 1 fully saturated rings. The van der Waals surface area contributed by atoms with Crippen LogP contribution in [0.5, 0.6) is 5.75 Å². The summed E-state index contributed by atoms with van der Waals surface area (Å²) in [6, 6.07) is 13.1. The van der Waals surface area contributed by atoms with Crippen LogP contribution in [0.25, 0.3) is 10.9 Å². The first kappa shape index (κ1) is 20.3. The van der Waals surface area contributed by atoms with Crippen molar-refractivity contribution < 1.29 is 9.53 Å². The number of amides is 1. The second-order valence-electron chi connectivity index (χ2n) is 7.30. The summed E-state index contributed by atoms with van der Waals surface area (Å²) in [5, 5.41) is 1.19. The molecule has 2 heterocycles. The van der Waals surface area contributed by atoms with Gasteiger partial charge in [-0.1, -0.05) is 17.7 Å². The van der Waals surface area contributed by atoms with Crippen LogP contribution >= 0.6 is 11.6 Å². The molecule has 4 rings (SSSR count). The third-order valence-electron chi connectivity index (χ3n) is 5.60. The van der Waals surface area contributed by atoms with E-state index in [1.807, 2.05) is 47.9 Å². The van der Waals surface area contributed by atoms with Gasteiger partial charge in [0.1, 0.15) is 11.3 Å². The molecule has 0 unspecified atom stereocenters. The van der Waals surface area contributed by atoms with Crippen LogP contribution in [0, 0.1) is 0 Å². The molecule has 7 heteroatoms. The molecule has 0 bridgehead atoms. The first-order chi connectivity index (χ1) is 14.5. The number of carbonyl (C=O) groups is 1. The number of hydrogen-bond donors (Lipinski definition) is 0. The summed E-state index contributed by atoms with van der Waals surface area (Å²) in [4.78, 5) is 30.3. The summed E-state index contributed by atoms with van der Waals surface area (Å²) in [6.07, 6.45) is 1.68. The predicted molar refractivity (Wildman–Crippen MR) is 120 cm³/mol. The maximum absolute atomic E-state index is 13.2. The van der Waals surface area contributed by atoms with E-state index in [9.17, 15) is 9.59 Å². The molecule has 0 spiro atoms. The van der Waals surface area contributed by atoms with Gasteiger partial charge in [0.15, 0.2) is 0 Å². The van der Waals surface area contributed by atoms with Crippen molar-refractivity contribution in [1.82, 2.24) is 9.47 Å². The Hall–Kier alpha value is -2.99. The smallest absolute Gasteiger partial charge is 0.259 e. The molecule has 1 saturated heterocycles. The Kier molecular flexibility index (Phi) is 5.68. The average molecular weight is 426 g/mol. The second kappa shape index (κ2) is 8.40. The average Bonchev–Trinajstić information content (AvgIpc) is 2.79. The van der Waals surface area contributed by atoms with Crippen LogP contribution in [0.2, 0.25) is 5.02 Å². The molecule has 30 heavy (non-hydrogen) atoms. The van der Waals surface area contributed by atoms with Gasteiger partial charge in [0.05, 0.1) is 18.0 Å². The maximum Gasteiger partial charge on any atom is 0.259 e. The highest BCUT2D eigenvalue weighted by Crippen LogP contribution is 2.22. The van der Waals surface area contributed by atoms with Crippen LogP contribution in [0.15, 0.2) is 53.5 Å². The maximum atomic E-state index is 13.2. The van der Waals surface area contributed by atoms with Gasteiger partial charge in [-0.3, -0.25) is 9.59 Å². The number of nitrogens with zero attached hydrogens (tertiary/aromatic N) is 3. The summed E-state index contributed by atoms with van der Waals surface area (Å²) < 4.78 is 7.21. The van der Waals surface area contributed by atoms with Crippen LogP contribution in [0.1, 0.15) is 17.3 Å². The number of rotatable bonds is 4. The number of hydrogen-bond acceptors (Lipinski definition) is 4. The molecule has 1 aliphatic heterocycles. The zero-order valence-electron chi connectivity index (χ0n) is 17.1. The first-order valence-electron chi connectivity index (χ1n) is 10.0. The molecule has 3 aromatic rings. The Morgan fingerprint density at radius 1 is 1.10 bits per heavy atom. The van der Waals surface area contributed by atoms with Crippen LogP contribution in [-0.4, -0.2) is 48.7 Å². The number of carbonyl (C=O) groups excluding carboxylic acids is 1. The van der Waals surface area contributed by atoms with Gasteiger partial charge in [-0.05, 0) is 43.3 Å². The van der Waals surface area contributed by atoms with E-state index in [1.54, 1.807) is 24.3 Å². The number of pyridine rings is 1. The van der Waals surface area contributed by atoms with Gasteiger partial charge in [-0.15, -0.1) is 0 Å². The van der Waals surface area contributed by atoms with E-state index in [0.29, 0.717) is 48.9 Å². The molecule has 0 saturated carbocycles. The summed E-state index contributed by atoms with van der Waals surface area (Å²) in [5.74, 6) is 0.375. The molecule has 1 aliphatic rings. The summed E-state index contributed by atoms with van der Waals surface area (Å²) in [7, 11) is 1.56. The minimum atomic E-state index is -0.254. The standard InChI is InChI=1S/C23H24ClN3O3/c1-3-25-15-20(22(28)19-14-18(30-2)7-8-21(19)25)23(29)27-11-9-26(10-12-27)17-6-4-5-16(24)13-17/h4-8,13-15H,3,9-12H2,1-2H3. The van der Waals surface area contributed by atoms with Gasteiger partial charge in [0.25, 0.3) is 5.91 Å². The van der Waals surface area contributed by atoms with E-state index in [1.165, 1.54) is 0 Å². The van der Waals surface area contributed by atoms with Crippen molar-refractivity contribution in [3.8, 4) is 5.75 Å². The number of benzene rings is 2. The zero-order valence-corrected chi connectivity index (χ0v) is 17.9. The normalized spacial score (nSPS) is 14.2. The summed E-state index contributed by atoms with van der Waals surface area (Å²) in [6.45, 7) is 5.13. The van der Waals surface area contributed by atoms with Crippen molar-refractivity contribution in [1.29, 1.82) is 0 Å². The van der Waals surface area contributed by atoms with Gasteiger partial charge >= 0.3 is 0 Å². The summed E-state index contributed by atoms with van der Waals surface area (Å²) in [5.41, 5.74) is 1.79. The van der Waals surface area contributed by atoms with Crippen molar-refractivity contribution in [2.45, 2.75) is 13.5 Å². The van der Waals surface area contributed by atoms with E-state index < -0.39 is 0 Å². The number of halogens is 1. The van der Waals surface area contributed by atoms with E-state index in [4.69, 9.17) is 16.3 Å². The van der Waals surface area contributed by atoms with Gasteiger partial charge < -0.3 is 19.1 Å². The largest absolute Gasteiger partial charge is 0.497 e. The molecule has 0 aliphatic carbocycles. The molecule has 6 nitrogen and oxygen atoms in total. The fourth-order valence-corrected chi connectivity index (χ4v) is 4.11. The molecular formula is C23H24ClN3O3. The Balaban J connectivity index is 1.60. The van der Waals surface area contributed by atoms with Crippen LogP contribution in [-0.2, 0) is 6.54 Å². The highest BCUT2D eigenvalue weighted by molar-refractivity contribution is 6.30. The minimum absolute atomic E-state index is 0.203. The number of methoxy groups -OCH3 is 1. The van der Waals surface area contributed by atoms with Crippen LogP contribution < -0.4 is 15.1 Å². The number of fused-ring (bicyclic) bond motifs is 1. The third-order valence-corrected chi connectivity index (χ3v) is 5.83. The lowest BCUT2D eigenvalue weighted by molar-refractivity contribution is 0.0745. The quantitative estimate of drug-likeness (QED) is 0.640. The van der Waals surface area contributed by atoms with Crippen molar-refractivity contribution in [3.63, 3.8) is 0 Å². The van der Waals surface area contributed by atoms with E-state index in [-0.39, 0.29) is 16.9 Å². The highest BCUT2D eigenvalue weighted by Gasteiger charge is 2.25. The van der Waals surface area contributed by atoms with E-state index in [0.717, 1.165) is 11.2 Å². The molecule has 156 valence electrons. The number of piperazine rings is 1. The van der Waals surface area contributed by atoms with Gasteiger partial charge in [-0.25, -0.2) is 0 Å². The van der Waals surface area contributed by atoms with Gasteiger partial charge in [0, 0.05) is 49.6 Å². The Labute approximate surface area is 180 Å². The lowest BCUT2D eigenvalue weighted by Gasteiger charge is -2.36. The Morgan fingerprint density at radius 2 is 1.87 bits per heavy atom. The molecule has 1 aromatic heterocycles. The molecule has 0 radical (unpaired) electrons. The fourth-order valence-electron chi connectivity index (χ4n) is 3.93. The monoisotopic (exact) mass is 425 g/mol. The van der Waals surface area contributed by atoms with Gasteiger partial charge in [0.2, 0.25) is 5.43 Å². The van der Waals surface area contributed by atoms with Crippen LogP contribution in [0.4, 0.5) is 5.69 Å². The molecule has 0 atom stereocenters.